The van der Waals surface area contributed by atoms with Crippen LogP contribution in [0, 0.1) is 12.8 Å². The fourth-order valence-corrected chi connectivity index (χ4v) is 3.01. The zero-order valence-corrected chi connectivity index (χ0v) is 13.3. The van der Waals surface area contributed by atoms with Crippen molar-refractivity contribution in [1.82, 2.24) is 5.32 Å². The molecule has 0 amide bonds. The maximum absolute atomic E-state index is 10.0. The molecule has 1 aliphatic carbocycles. The summed E-state index contributed by atoms with van der Waals surface area (Å²) in [5, 5.41) is 13.3. The van der Waals surface area contributed by atoms with Crippen LogP contribution in [-0.4, -0.2) is 30.5 Å². The Labute approximate surface area is 128 Å². The van der Waals surface area contributed by atoms with Gasteiger partial charge in [-0.05, 0) is 36.8 Å². The van der Waals surface area contributed by atoms with Crippen molar-refractivity contribution in [3.05, 3.63) is 35.4 Å². The van der Waals surface area contributed by atoms with Gasteiger partial charge in [-0.15, -0.1) is 0 Å². The third-order valence-electron chi connectivity index (χ3n) is 4.49. The predicted octanol–water partition coefficient (Wildman–Crippen LogP) is 3.04. The lowest BCUT2D eigenvalue weighted by molar-refractivity contribution is -0.0452. The summed E-state index contributed by atoms with van der Waals surface area (Å²) in [6.45, 7) is 6.18. The summed E-state index contributed by atoms with van der Waals surface area (Å²) in [6, 6.07) is 8.33. The molecule has 1 aliphatic rings. The van der Waals surface area contributed by atoms with Gasteiger partial charge in [0.25, 0.3) is 0 Å². The van der Waals surface area contributed by atoms with E-state index in [2.05, 4.69) is 31.3 Å². The SMILES string of the molecule is Cc1ccccc1CNCC(O)COC1CCCCC1C. The van der Waals surface area contributed by atoms with Crippen LogP contribution in [0.2, 0.25) is 0 Å². The van der Waals surface area contributed by atoms with Gasteiger partial charge in [0, 0.05) is 13.1 Å². The van der Waals surface area contributed by atoms with E-state index in [0.29, 0.717) is 25.2 Å². The van der Waals surface area contributed by atoms with Crippen LogP contribution >= 0.6 is 0 Å². The highest BCUT2D eigenvalue weighted by atomic mass is 16.5. The highest BCUT2D eigenvalue weighted by Gasteiger charge is 2.22. The average molecular weight is 291 g/mol. The number of aryl methyl sites for hydroxylation is 1. The van der Waals surface area contributed by atoms with Gasteiger partial charge in [-0.1, -0.05) is 44.0 Å². The molecule has 3 heteroatoms. The van der Waals surface area contributed by atoms with Gasteiger partial charge in [-0.3, -0.25) is 0 Å². The molecule has 118 valence electrons. The highest BCUT2D eigenvalue weighted by molar-refractivity contribution is 5.25. The van der Waals surface area contributed by atoms with Crippen molar-refractivity contribution in [3.63, 3.8) is 0 Å². The van der Waals surface area contributed by atoms with E-state index in [-0.39, 0.29) is 0 Å². The van der Waals surface area contributed by atoms with E-state index >= 15 is 0 Å². The van der Waals surface area contributed by atoms with E-state index < -0.39 is 6.10 Å². The van der Waals surface area contributed by atoms with Crippen LogP contribution < -0.4 is 5.32 Å². The third-order valence-corrected chi connectivity index (χ3v) is 4.49. The largest absolute Gasteiger partial charge is 0.389 e. The van der Waals surface area contributed by atoms with Crippen molar-refractivity contribution < 1.29 is 9.84 Å². The van der Waals surface area contributed by atoms with E-state index in [1.54, 1.807) is 0 Å². The minimum Gasteiger partial charge on any atom is -0.389 e. The summed E-state index contributed by atoms with van der Waals surface area (Å²) in [7, 11) is 0. The minimum absolute atomic E-state index is 0.338. The maximum atomic E-state index is 10.0. The predicted molar refractivity (Wildman–Crippen MR) is 86.3 cm³/mol. The van der Waals surface area contributed by atoms with Gasteiger partial charge in [0.2, 0.25) is 0 Å². The first-order chi connectivity index (χ1) is 10.2. The average Bonchev–Trinajstić information content (AvgIpc) is 2.48. The van der Waals surface area contributed by atoms with Crippen molar-refractivity contribution in [1.29, 1.82) is 0 Å². The molecule has 3 atom stereocenters. The number of benzene rings is 1. The topological polar surface area (TPSA) is 41.5 Å². The van der Waals surface area contributed by atoms with Crippen LogP contribution in [0.25, 0.3) is 0 Å². The highest BCUT2D eigenvalue weighted by Crippen LogP contribution is 2.26. The quantitative estimate of drug-likeness (QED) is 0.811. The summed E-state index contributed by atoms with van der Waals surface area (Å²) in [6.07, 6.45) is 4.89. The molecule has 0 saturated heterocycles. The Hall–Kier alpha value is -0.900. The normalized spacial score (nSPS) is 24.0. The molecule has 0 aromatic heterocycles. The van der Waals surface area contributed by atoms with Gasteiger partial charge in [0.05, 0.1) is 18.8 Å². The Kier molecular flexibility index (Phi) is 6.68. The van der Waals surface area contributed by atoms with E-state index in [1.165, 1.54) is 30.4 Å². The summed E-state index contributed by atoms with van der Waals surface area (Å²) in [5.74, 6) is 0.630. The van der Waals surface area contributed by atoms with Crippen LogP contribution in [0.5, 0.6) is 0 Å². The molecule has 0 radical (unpaired) electrons. The standard InChI is InChI=1S/C18H29NO2/c1-14-7-3-5-9-16(14)11-19-12-17(20)13-21-18-10-6-4-8-15(18)2/h3,5,7,9,15,17-20H,4,6,8,10-13H2,1-2H3. The molecule has 3 nitrogen and oxygen atoms in total. The fourth-order valence-electron chi connectivity index (χ4n) is 3.01. The lowest BCUT2D eigenvalue weighted by Crippen LogP contribution is -2.34. The summed E-state index contributed by atoms with van der Waals surface area (Å²) in [5.41, 5.74) is 2.57. The molecule has 0 spiro atoms. The number of hydrogen-bond acceptors (Lipinski definition) is 3. The second-order valence-electron chi connectivity index (χ2n) is 6.34. The van der Waals surface area contributed by atoms with E-state index in [1.807, 2.05) is 12.1 Å². The third kappa shape index (κ3) is 5.42. The number of rotatable bonds is 7. The Morgan fingerprint density at radius 3 is 2.81 bits per heavy atom. The minimum atomic E-state index is -0.428. The Morgan fingerprint density at radius 2 is 2.05 bits per heavy atom. The fraction of sp³-hybridized carbons (Fsp3) is 0.667. The Morgan fingerprint density at radius 1 is 1.29 bits per heavy atom. The van der Waals surface area contributed by atoms with Crippen LogP contribution in [0.3, 0.4) is 0 Å². The van der Waals surface area contributed by atoms with E-state index in [0.717, 1.165) is 13.0 Å². The zero-order valence-electron chi connectivity index (χ0n) is 13.3. The van der Waals surface area contributed by atoms with Crippen molar-refractivity contribution >= 4 is 0 Å². The first kappa shape index (κ1) is 16.5. The molecule has 0 aliphatic heterocycles. The van der Waals surface area contributed by atoms with Gasteiger partial charge in [0.1, 0.15) is 0 Å². The molecular weight excluding hydrogens is 262 g/mol. The molecule has 0 bridgehead atoms. The van der Waals surface area contributed by atoms with Gasteiger partial charge < -0.3 is 15.2 Å². The first-order valence-electron chi connectivity index (χ1n) is 8.21. The molecule has 1 aromatic carbocycles. The molecule has 1 saturated carbocycles. The smallest absolute Gasteiger partial charge is 0.0897 e. The van der Waals surface area contributed by atoms with Crippen molar-refractivity contribution in [2.24, 2.45) is 5.92 Å². The lowest BCUT2D eigenvalue weighted by atomic mass is 9.88. The number of ether oxygens (including phenoxy) is 1. The molecule has 21 heavy (non-hydrogen) atoms. The lowest BCUT2D eigenvalue weighted by Gasteiger charge is -2.29. The number of aliphatic hydroxyl groups is 1. The van der Waals surface area contributed by atoms with Gasteiger partial charge in [-0.25, -0.2) is 0 Å². The summed E-state index contributed by atoms with van der Waals surface area (Å²) >= 11 is 0. The molecule has 1 fully saturated rings. The van der Waals surface area contributed by atoms with Crippen LogP contribution in [0.4, 0.5) is 0 Å². The zero-order chi connectivity index (χ0) is 15.1. The first-order valence-corrected chi connectivity index (χ1v) is 8.21. The van der Waals surface area contributed by atoms with Gasteiger partial charge in [-0.2, -0.15) is 0 Å². The van der Waals surface area contributed by atoms with Crippen LogP contribution in [0.15, 0.2) is 24.3 Å². The molecule has 3 unspecified atom stereocenters. The van der Waals surface area contributed by atoms with Crippen LogP contribution in [-0.2, 0) is 11.3 Å². The van der Waals surface area contributed by atoms with Gasteiger partial charge in [0.15, 0.2) is 0 Å². The maximum Gasteiger partial charge on any atom is 0.0897 e. The van der Waals surface area contributed by atoms with Crippen molar-refractivity contribution in [2.45, 2.75) is 58.3 Å². The number of hydrogen-bond donors (Lipinski definition) is 2. The van der Waals surface area contributed by atoms with Crippen molar-refractivity contribution in [3.8, 4) is 0 Å². The van der Waals surface area contributed by atoms with Crippen molar-refractivity contribution in [2.75, 3.05) is 13.2 Å². The second-order valence-corrected chi connectivity index (χ2v) is 6.34. The second kappa shape index (κ2) is 8.52. The van der Waals surface area contributed by atoms with Crippen LogP contribution in [0.1, 0.15) is 43.7 Å². The monoisotopic (exact) mass is 291 g/mol. The van der Waals surface area contributed by atoms with E-state index in [9.17, 15) is 5.11 Å². The molecule has 2 N–H and O–H groups in total. The molecule has 1 aromatic rings. The molecule has 0 heterocycles. The van der Waals surface area contributed by atoms with E-state index in [4.69, 9.17) is 4.74 Å². The molecule has 2 rings (SSSR count). The Balaban J connectivity index is 1.63. The summed E-state index contributed by atoms with van der Waals surface area (Å²) < 4.78 is 5.89. The van der Waals surface area contributed by atoms with Gasteiger partial charge >= 0.3 is 0 Å². The summed E-state index contributed by atoms with van der Waals surface area (Å²) in [4.78, 5) is 0. The number of aliphatic hydroxyl groups excluding tert-OH is 1. The number of nitrogens with one attached hydrogen (secondary N) is 1. The molecular formula is C18H29NO2. The Bertz CT molecular complexity index is 421.